The van der Waals surface area contributed by atoms with Gasteiger partial charge in [0.2, 0.25) is 6.04 Å². The second-order valence-electron chi connectivity index (χ2n) is 3.28. The number of hydrogen-bond donors (Lipinski definition) is 1. The Morgan fingerprint density at radius 3 is 2.50 bits per heavy atom. The Kier molecular flexibility index (Phi) is 3.59. The normalized spacial score (nSPS) is 14.7. The minimum atomic E-state index is -0.924. The van der Waals surface area contributed by atoms with E-state index in [1.54, 1.807) is 0 Å². The van der Waals surface area contributed by atoms with Crippen LogP contribution in [0.1, 0.15) is 12.5 Å². The van der Waals surface area contributed by atoms with Crippen LogP contribution in [0, 0.1) is 10.1 Å². The summed E-state index contributed by atoms with van der Waals surface area (Å²) in [7, 11) is 0. The monoisotopic (exact) mass is 195 g/mol. The van der Waals surface area contributed by atoms with Crippen molar-refractivity contribution in [3.8, 4) is 0 Å². The van der Waals surface area contributed by atoms with Crippen LogP contribution < -0.4 is 0 Å². The van der Waals surface area contributed by atoms with Gasteiger partial charge in [-0.1, -0.05) is 30.3 Å². The van der Waals surface area contributed by atoms with Crippen molar-refractivity contribution in [1.82, 2.24) is 0 Å². The molecule has 0 saturated carbocycles. The summed E-state index contributed by atoms with van der Waals surface area (Å²) in [5.74, 6) is 0. The van der Waals surface area contributed by atoms with Gasteiger partial charge in [-0.05, 0) is 5.56 Å². The molecule has 0 aliphatic carbocycles. The summed E-state index contributed by atoms with van der Waals surface area (Å²) in [6, 6.07) is 8.33. The molecule has 0 aliphatic rings. The Morgan fingerprint density at radius 1 is 1.43 bits per heavy atom. The molecule has 0 amide bonds. The molecule has 0 radical (unpaired) electrons. The van der Waals surface area contributed by atoms with Crippen molar-refractivity contribution >= 4 is 0 Å². The molecule has 1 aromatic carbocycles. The number of nitrogens with zero attached hydrogens (tertiary/aromatic N) is 1. The average Bonchev–Trinajstić information content (AvgIpc) is 2.18. The lowest BCUT2D eigenvalue weighted by molar-refractivity contribution is -0.529. The number of aliphatic hydroxyl groups excluding tert-OH is 1. The van der Waals surface area contributed by atoms with Crippen LogP contribution in [-0.2, 0) is 6.42 Å². The van der Waals surface area contributed by atoms with Gasteiger partial charge in [-0.3, -0.25) is 10.1 Å². The van der Waals surface area contributed by atoms with Crippen LogP contribution >= 0.6 is 0 Å². The van der Waals surface area contributed by atoms with Gasteiger partial charge in [-0.2, -0.15) is 0 Å². The van der Waals surface area contributed by atoms with Gasteiger partial charge in [-0.25, -0.2) is 0 Å². The van der Waals surface area contributed by atoms with Crippen molar-refractivity contribution in [1.29, 1.82) is 0 Å². The molecule has 76 valence electrons. The zero-order valence-electron chi connectivity index (χ0n) is 7.96. The lowest BCUT2D eigenvalue weighted by Gasteiger charge is -2.11. The van der Waals surface area contributed by atoms with Gasteiger partial charge in [0.15, 0.2) is 0 Å². The summed E-state index contributed by atoms with van der Waals surface area (Å²) in [6.45, 7) is 1.41. The molecular weight excluding hydrogens is 182 g/mol. The van der Waals surface area contributed by atoms with E-state index in [0.717, 1.165) is 5.56 Å². The van der Waals surface area contributed by atoms with Crippen molar-refractivity contribution in [3.63, 3.8) is 0 Å². The van der Waals surface area contributed by atoms with Crippen LogP contribution in [0.25, 0.3) is 0 Å². The Hall–Kier alpha value is -1.42. The fourth-order valence-corrected chi connectivity index (χ4v) is 1.17. The molecule has 1 rings (SSSR count). The summed E-state index contributed by atoms with van der Waals surface area (Å²) in [5.41, 5.74) is 0.911. The third-order valence-corrected chi connectivity index (χ3v) is 2.18. The van der Waals surface area contributed by atoms with Crippen LogP contribution in [0.3, 0.4) is 0 Å². The molecule has 1 aromatic rings. The Morgan fingerprint density at radius 2 is 2.00 bits per heavy atom. The van der Waals surface area contributed by atoms with E-state index in [9.17, 15) is 15.2 Å². The van der Waals surface area contributed by atoms with Gasteiger partial charge in [0.25, 0.3) is 0 Å². The molecule has 2 atom stereocenters. The minimum Gasteiger partial charge on any atom is -0.386 e. The highest BCUT2D eigenvalue weighted by Gasteiger charge is 2.23. The lowest BCUT2D eigenvalue weighted by atomic mass is 10.0. The summed E-state index contributed by atoms with van der Waals surface area (Å²) < 4.78 is 0. The van der Waals surface area contributed by atoms with Crippen molar-refractivity contribution < 1.29 is 10.0 Å². The fraction of sp³-hybridized carbons (Fsp3) is 0.400. The molecule has 0 aliphatic heterocycles. The van der Waals surface area contributed by atoms with E-state index < -0.39 is 17.1 Å². The zero-order chi connectivity index (χ0) is 10.6. The predicted molar refractivity (Wildman–Crippen MR) is 52.6 cm³/mol. The fourth-order valence-electron chi connectivity index (χ4n) is 1.17. The summed E-state index contributed by atoms with van der Waals surface area (Å²) in [6.07, 6.45) is -0.601. The maximum Gasteiger partial charge on any atom is 0.236 e. The van der Waals surface area contributed by atoms with E-state index in [0.29, 0.717) is 6.42 Å². The van der Waals surface area contributed by atoms with Crippen molar-refractivity contribution in [3.05, 3.63) is 46.0 Å². The van der Waals surface area contributed by atoms with Crippen LogP contribution in [0.4, 0.5) is 0 Å². The van der Waals surface area contributed by atoms with Crippen LogP contribution in [0.2, 0.25) is 0 Å². The molecule has 1 N–H and O–H groups in total. The third kappa shape index (κ3) is 2.81. The Labute approximate surface area is 82.3 Å². The molecule has 0 saturated heterocycles. The third-order valence-electron chi connectivity index (χ3n) is 2.18. The molecule has 0 aromatic heterocycles. The van der Waals surface area contributed by atoms with E-state index in [2.05, 4.69) is 0 Å². The number of nitro groups is 1. The Bertz CT molecular complexity index is 299. The van der Waals surface area contributed by atoms with Crippen LogP contribution in [-0.4, -0.2) is 22.2 Å². The van der Waals surface area contributed by atoms with E-state index in [-0.39, 0.29) is 0 Å². The second kappa shape index (κ2) is 4.72. The van der Waals surface area contributed by atoms with Gasteiger partial charge in [-0.15, -0.1) is 0 Å². The number of aliphatic hydroxyl groups is 1. The molecule has 2 unspecified atom stereocenters. The van der Waals surface area contributed by atoms with Gasteiger partial charge in [0.05, 0.1) is 0 Å². The standard InChI is InChI=1S/C10H13NO3/c1-8(11(13)14)10(12)7-9-5-3-2-4-6-9/h2-6,8,10,12H,7H2,1H3. The highest BCUT2D eigenvalue weighted by Crippen LogP contribution is 2.07. The first-order chi connectivity index (χ1) is 6.61. The predicted octanol–water partition coefficient (Wildman–Crippen LogP) is 1.26. The van der Waals surface area contributed by atoms with Gasteiger partial charge in [0.1, 0.15) is 6.10 Å². The number of benzene rings is 1. The van der Waals surface area contributed by atoms with E-state index in [1.807, 2.05) is 30.3 Å². The SMILES string of the molecule is CC(C(O)Cc1ccccc1)[N+](=O)[O-]. The first kappa shape index (κ1) is 10.7. The largest absolute Gasteiger partial charge is 0.386 e. The topological polar surface area (TPSA) is 63.4 Å². The van der Waals surface area contributed by atoms with Gasteiger partial charge in [0, 0.05) is 18.3 Å². The van der Waals surface area contributed by atoms with Crippen molar-refractivity contribution in [2.24, 2.45) is 0 Å². The average molecular weight is 195 g/mol. The maximum absolute atomic E-state index is 10.4. The van der Waals surface area contributed by atoms with Gasteiger partial charge < -0.3 is 5.11 Å². The minimum absolute atomic E-state index is 0.322. The molecule has 0 heterocycles. The van der Waals surface area contributed by atoms with Crippen LogP contribution in [0.15, 0.2) is 30.3 Å². The van der Waals surface area contributed by atoms with Crippen molar-refractivity contribution in [2.75, 3.05) is 0 Å². The van der Waals surface area contributed by atoms with Crippen molar-refractivity contribution in [2.45, 2.75) is 25.5 Å². The molecule has 14 heavy (non-hydrogen) atoms. The highest BCUT2D eigenvalue weighted by atomic mass is 16.6. The molecule has 0 spiro atoms. The van der Waals surface area contributed by atoms with E-state index >= 15 is 0 Å². The Balaban J connectivity index is 2.57. The summed E-state index contributed by atoms with van der Waals surface area (Å²) >= 11 is 0. The molecule has 4 heteroatoms. The van der Waals surface area contributed by atoms with Gasteiger partial charge >= 0.3 is 0 Å². The molecular formula is C10H13NO3. The maximum atomic E-state index is 10.4. The second-order valence-corrected chi connectivity index (χ2v) is 3.28. The smallest absolute Gasteiger partial charge is 0.236 e. The van der Waals surface area contributed by atoms with Crippen LogP contribution in [0.5, 0.6) is 0 Å². The summed E-state index contributed by atoms with van der Waals surface area (Å²) in [4.78, 5) is 9.91. The molecule has 4 nitrogen and oxygen atoms in total. The quantitative estimate of drug-likeness (QED) is 0.581. The first-order valence-electron chi connectivity index (χ1n) is 4.46. The van der Waals surface area contributed by atoms with E-state index in [4.69, 9.17) is 0 Å². The lowest BCUT2D eigenvalue weighted by Crippen LogP contribution is -2.32. The number of hydrogen-bond acceptors (Lipinski definition) is 3. The van der Waals surface area contributed by atoms with E-state index in [1.165, 1.54) is 6.92 Å². The first-order valence-corrected chi connectivity index (χ1v) is 4.46. The highest BCUT2D eigenvalue weighted by molar-refractivity contribution is 5.15. The molecule has 0 bridgehead atoms. The molecule has 0 fully saturated rings. The zero-order valence-corrected chi connectivity index (χ0v) is 7.96. The number of rotatable bonds is 4. The summed E-state index contributed by atoms with van der Waals surface area (Å²) in [5, 5.41) is 19.9.